The van der Waals surface area contributed by atoms with E-state index in [1.165, 1.54) is 32.2 Å². The Morgan fingerprint density at radius 1 is 1.38 bits per heavy atom. The zero-order chi connectivity index (χ0) is 12.1. The van der Waals surface area contributed by atoms with E-state index in [1.807, 2.05) is 0 Å². The molecule has 0 radical (unpaired) electrons. The maximum Gasteiger partial charge on any atom is 0.341 e. The highest BCUT2D eigenvalue weighted by atomic mass is 16.5. The number of hydrogen-bond acceptors (Lipinski definition) is 4. The fourth-order valence-corrected chi connectivity index (χ4v) is 1.20. The SMILES string of the molecule is COC(=O)/C(=C\c1cccc(O)c1)C(C)=O. The molecule has 0 spiro atoms. The third-order valence-electron chi connectivity index (χ3n) is 1.97. The van der Waals surface area contributed by atoms with Crippen LogP contribution < -0.4 is 0 Å². The highest BCUT2D eigenvalue weighted by molar-refractivity contribution is 6.19. The van der Waals surface area contributed by atoms with Crippen molar-refractivity contribution in [2.45, 2.75) is 6.92 Å². The second kappa shape index (κ2) is 5.11. The number of carbonyl (C=O) groups is 2. The molecular formula is C12H12O4. The molecule has 0 amide bonds. The van der Waals surface area contributed by atoms with Crippen LogP contribution in [0.5, 0.6) is 5.75 Å². The van der Waals surface area contributed by atoms with Gasteiger partial charge in [0, 0.05) is 0 Å². The largest absolute Gasteiger partial charge is 0.508 e. The molecule has 0 unspecified atom stereocenters. The Kier molecular flexibility index (Phi) is 3.83. The van der Waals surface area contributed by atoms with Gasteiger partial charge in [-0.1, -0.05) is 12.1 Å². The molecule has 1 rings (SSSR count). The normalized spacial score (nSPS) is 11.0. The lowest BCUT2D eigenvalue weighted by atomic mass is 10.1. The minimum absolute atomic E-state index is 0.0481. The van der Waals surface area contributed by atoms with Crippen molar-refractivity contribution in [1.29, 1.82) is 0 Å². The molecule has 16 heavy (non-hydrogen) atoms. The van der Waals surface area contributed by atoms with Gasteiger partial charge in [-0.05, 0) is 30.7 Å². The van der Waals surface area contributed by atoms with Crippen LogP contribution in [0.3, 0.4) is 0 Å². The number of ether oxygens (including phenoxy) is 1. The molecule has 1 aromatic rings. The number of carbonyl (C=O) groups excluding carboxylic acids is 2. The zero-order valence-corrected chi connectivity index (χ0v) is 9.06. The van der Waals surface area contributed by atoms with Gasteiger partial charge in [0.25, 0.3) is 0 Å². The Hall–Kier alpha value is -2.10. The number of phenols is 1. The van der Waals surface area contributed by atoms with Gasteiger partial charge < -0.3 is 9.84 Å². The molecule has 0 bridgehead atoms. The number of esters is 1. The molecule has 1 aromatic carbocycles. The van der Waals surface area contributed by atoms with Crippen LogP contribution in [-0.2, 0) is 14.3 Å². The Labute approximate surface area is 93.2 Å². The van der Waals surface area contributed by atoms with Crippen LogP contribution in [0.2, 0.25) is 0 Å². The summed E-state index contributed by atoms with van der Waals surface area (Å²) in [6.45, 7) is 1.28. The van der Waals surface area contributed by atoms with Crippen molar-refractivity contribution in [3.8, 4) is 5.75 Å². The zero-order valence-electron chi connectivity index (χ0n) is 9.06. The van der Waals surface area contributed by atoms with Crippen molar-refractivity contribution < 1.29 is 19.4 Å². The van der Waals surface area contributed by atoms with E-state index in [-0.39, 0.29) is 17.1 Å². The second-order valence-electron chi connectivity index (χ2n) is 3.20. The summed E-state index contributed by atoms with van der Waals surface area (Å²) < 4.78 is 4.49. The lowest BCUT2D eigenvalue weighted by Gasteiger charge is -2.01. The van der Waals surface area contributed by atoms with E-state index in [0.717, 1.165) is 0 Å². The number of Topliss-reactive ketones (excluding diaryl/α,β-unsaturated/α-hetero) is 1. The maximum atomic E-state index is 11.3. The topological polar surface area (TPSA) is 63.6 Å². The van der Waals surface area contributed by atoms with Gasteiger partial charge in [0.15, 0.2) is 5.78 Å². The van der Waals surface area contributed by atoms with Gasteiger partial charge >= 0.3 is 5.97 Å². The number of phenolic OH excluding ortho intramolecular Hbond substituents is 1. The van der Waals surface area contributed by atoms with Crippen molar-refractivity contribution in [2.75, 3.05) is 7.11 Å². The summed E-state index contributed by atoms with van der Waals surface area (Å²) in [6.07, 6.45) is 1.38. The molecule has 4 heteroatoms. The van der Waals surface area contributed by atoms with Gasteiger partial charge in [0.2, 0.25) is 0 Å². The smallest absolute Gasteiger partial charge is 0.341 e. The third kappa shape index (κ3) is 2.95. The molecule has 0 saturated carbocycles. The molecule has 0 aliphatic carbocycles. The average molecular weight is 220 g/mol. The number of methoxy groups -OCH3 is 1. The number of hydrogen-bond donors (Lipinski definition) is 1. The van der Waals surface area contributed by atoms with Crippen LogP contribution in [-0.4, -0.2) is 24.0 Å². The van der Waals surface area contributed by atoms with E-state index in [4.69, 9.17) is 0 Å². The fraction of sp³-hybridized carbons (Fsp3) is 0.167. The molecule has 0 heterocycles. The van der Waals surface area contributed by atoms with E-state index in [1.54, 1.807) is 12.1 Å². The molecule has 0 aliphatic heterocycles. The van der Waals surface area contributed by atoms with Crippen molar-refractivity contribution in [1.82, 2.24) is 0 Å². The summed E-state index contributed by atoms with van der Waals surface area (Å²) in [5, 5.41) is 9.23. The van der Waals surface area contributed by atoms with Crippen molar-refractivity contribution in [3.05, 3.63) is 35.4 Å². The molecular weight excluding hydrogens is 208 g/mol. The Morgan fingerprint density at radius 2 is 2.06 bits per heavy atom. The maximum absolute atomic E-state index is 11.3. The molecule has 0 aromatic heterocycles. The highest BCUT2D eigenvalue weighted by Crippen LogP contribution is 2.15. The van der Waals surface area contributed by atoms with Crippen LogP contribution in [0.4, 0.5) is 0 Å². The number of rotatable bonds is 3. The highest BCUT2D eigenvalue weighted by Gasteiger charge is 2.14. The van der Waals surface area contributed by atoms with E-state index in [9.17, 15) is 14.7 Å². The molecule has 4 nitrogen and oxygen atoms in total. The minimum atomic E-state index is -0.684. The lowest BCUT2D eigenvalue weighted by Crippen LogP contribution is -2.11. The van der Waals surface area contributed by atoms with Crippen molar-refractivity contribution in [2.24, 2.45) is 0 Å². The summed E-state index contributed by atoms with van der Waals surface area (Å²) in [7, 11) is 1.21. The van der Waals surface area contributed by atoms with Gasteiger partial charge in [-0.15, -0.1) is 0 Å². The van der Waals surface area contributed by atoms with E-state index in [2.05, 4.69) is 4.74 Å². The Bertz CT molecular complexity index is 446. The van der Waals surface area contributed by atoms with Crippen molar-refractivity contribution >= 4 is 17.8 Å². The van der Waals surface area contributed by atoms with Gasteiger partial charge in [0.1, 0.15) is 11.3 Å². The van der Waals surface area contributed by atoms with Crippen molar-refractivity contribution in [3.63, 3.8) is 0 Å². The molecule has 84 valence electrons. The average Bonchev–Trinajstić information content (AvgIpc) is 2.24. The molecule has 1 N–H and O–H groups in total. The van der Waals surface area contributed by atoms with Gasteiger partial charge in [-0.3, -0.25) is 4.79 Å². The van der Waals surface area contributed by atoms with Gasteiger partial charge in [-0.2, -0.15) is 0 Å². The second-order valence-corrected chi connectivity index (χ2v) is 3.20. The quantitative estimate of drug-likeness (QED) is 0.363. The fourth-order valence-electron chi connectivity index (χ4n) is 1.20. The molecule has 0 saturated heterocycles. The van der Waals surface area contributed by atoms with Gasteiger partial charge in [0.05, 0.1) is 7.11 Å². The first-order valence-electron chi connectivity index (χ1n) is 4.64. The summed E-state index contributed by atoms with van der Waals surface area (Å²) >= 11 is 0. The Balaban J connectivity index is 3.12. The monoisotopic (exact) mass is 220 g/mol. The third-order valence-corrected chi connectivity index (χ3v) is 1.97. The van der Waals surface area contributed by atoms with Crippen LogP contribution >= 0.6 is 0 Å². The summed E-state index contributed by atoms with van der Waals surface area (Å²) in [4.78, 5) is 22.5. The summed E-state index contributed by atoms with van der Waals surface area (Å²) in [5.41, 5.74) is 0.517. The number of benzene rings is 1. The summed E-state index contributed by atoms with van der Waals surface area (Å²) in [5.74, 6) is -0.993. The van der Waals surface area contributed by atoms with Crippen LogP contribution in [0.1, 0.15) is 12.5 Å². The first-order valence-corrected chi connectivity index (χ1v) is 4.64. The number of aromatic hydroxyl groups is 1. The van der Waals surface area contributed by atoms with Crippen LogP contribution in [0, 0.1) is 0 Å². The lowest BCUT2D eigenvalue weighted by molar-refractivity contribution is -0.137. The predicted molar refractivity (Wildman–Crippen MR) is 58.8 cm³/mol. The molecule has 0 atom stereocenters. The van der Waals surface area contributed by atoms with E-state index >= 15 is 0 Å². The first-order chi connectivity index (χ1) is 7.54. The van der Waals surface area contributed by atoms with Crippen LogP contribution in [0.25, 0.3) is 6.08 Å². The van der Waals surface area contributed by atoms with E-state index < -0.39 is 5.97 Å². The summed E-state index contributed by atoms with van der Waals surface area (Å²) in [6, 6.07) is 6.25. The van der Waals surface area contributed by atoms with Crippen LogP contribution in [0.15, 0.2) is 29.8 Å². The molecule has 0 aliphatic rings. The predicted octanol–water partition coefficient (Wildman–Crippen LogP) is 1.54. The standard InChI is InChI=1S/C12H12O4/c1-8(13)11(12(15)16-2)7-9-4-3-5-10(14)6-9/h3-7,14H,1-2H3/b11-7-. The Morgan fingerprint density at radius 3 is 2.56 bits per heavy atom. The van der Waals surface area contributed by atoms with E-state index in [0.29, 0.717) is 5.56 Å². The first kappa shape index (κ1) is 12.0. The molecule has 0 fully saturated rings. The van der Waals surface area contributed by atoms with Gasteiger partial charge in [-0.25, -0.2) is 4.79 Å². The number of ketones is 1. The minimum Gasteiger partial charge on any atom is -0.508 e.